The van der Waals surface area contributed by atoms with E-state index in [0.29, 0.717) is 30.7 Å². The van der Waals surface area contributed by atoms with E-state index in [1.165, 1.54) is 6.07 Å². The lowest BCUT2D eigenvalue weighted by molar-refractivity contribution is 0.0953. The van der Waals surface area contributed by atoms with Gasteiger partial charge >= 0.3 is 0 Å². The Morgan fingerprint density at radius 1 is 1.07 bits per heavy atom. The number of carbonyl (C=O) groups is 1. The van der Waals surface area contributed by atoms with Crippen LogP contribution in [0.4, 0.5) is 0 Å². The topological polar surface area (TPSA) is 84.1 Å². The molecule has 0 saturated carbocycles. The second kappa shape index (κ2) is 7.92. The number of rotatable bonds is 6. The first kappa shape index (κ1) is 17.7. The van der Waals surface area contributed by atoms with Crippen molar-refractivity contribution in [3.05, 3.63) is 82.8 Å². The van der Waals surface area contributed by atoms with Gasteiger partial charge in [-0.25, -0.2) is 0 Å². The van der Waals surface area contributed by atoms with E-state index in [-0.39, 0.29) is 11.5 Å². The fourth-order valence-electron chi connectivity index (χ4n) is 3.14. The van der Waals surface area contributed by atoms with Gasteiger partial charge in [-0.15, -0.1) is 0 Å². The fraction of sp³-hybridized carbons (Fsp3) is 0.136. The number of fused-ring (bicyclic) bond motifs is 2. The average molecular weight is 373 g/mol. The zero-order valence-electron chi connectivity index (χ0n) is 15.1. The largest absolute Gasteiger partial charge is 0.491 e. The van der Waals surface area contributed by atoms with Crippen molar-refractivity contribution in [3.8, 4) is 5.75 Å². The Bertz CT molecular complexity index is 1190. The Balaban J connectivity index is 1.36. The summed E-state index contributed by atoms with van der Waals surface area (Å²) in [5, 5.41) is 4.60. The smallest absolute Gasteiger partial charge is 0.252 e. The van der Waals surface area contributed by atoms with Crippen LogP contribution in [0.1, 0.15) is 16.8 Å². The molecular formula is C22H19N3O3. The molecule has 0 radical (unpaired) electrons. The Labute approximate surface area is 161 Å². The van der Waals surface area contributed by atoms with Crippen LogP contribution >= 0.6 is 0 Å². The van der Waals surface area contributed by atoms with Crippen molar-refractivity contribution in [1.82, 2.24) is 15.3 Å². The number of nitrogens with one attached hydrogen (secondary N) is 2. The van der Waals surface area contributed by atoms with Crippen molar-refractivity contribution in [3.63, 3.8) is 0 Å². The summed E-state index contributed by atoms with van der Waals surface area (Å²) >= 11 is 0. The minimum Gasteiger partial charge on any atom is -0.491 e. The summed E-state index contributed by atoms with van der Waals surface area (Å²) in [4.78, 5) is 31.4. The average Bonchev–Trinajstić information content (AvgIpc) is 2.72. The second-order valence-corrected chi connectivity index (χ2v) is 6.38. The van der Waals surface area contributed by atoms with E-state index in [9.17, 15) is 9.59 Å². The van der Waals surface area contributed by atoms with E-state index in [1.54, 1.807) is 12.3 Å². The lowest BCUT2D eigenvalue weighted by atomic mass is 10.1. The number of para-hydroxylation sites is 2. The van der Waals surface area contributed by atoms with Gasteiger partial charge in [0.15, 0.2) is 0 Å². The maximum absolute atomic E-state index is 12.5. The van der Waals surface area contributed by atoms with Crippen LogP contribution in [-0.4, -0.2) is 29.0 Å². The molecule has 2 aromatic carbocycles. The van der Waals surface area contributed by atoms with Crippen molar-refractivity contribution < 1.29 is 9.53 Å². The molecule has 0 spiro atoms. The lowest BCUT2D eigenvalue weighted by Gasteiger charge is -2.10. The van der Waals surface area contributed by atoms with Gasteiger partial charge in [-0.05, 0) is 24.6 Å². The van der Waals surface area contributed by atoms with Crippen LogP contribution in [0.15, 0.2) is 71.7 Å². The summed E-state index contributed by atoms with van der Waals surface area (Å²) in [5.74, 6) is 0.458. The summed E-state index contributed by atoms with van der Waals surface area (Å²) in [6, 6.07) is 18.3. The van der Waals surface area contributed by atoms with Gasteiger partial charge in [0, 0.05) is 35.1 Å². The fourth-order valence-corrected chi connectivity index (χ4v) is 3.14. The number of pyridine rings is 2. The van der Waals surface area contributed by atoms with Gasteiger partial charge < -0.3 is 15.0 Å². The maximum Gasteiger partial charge on any atom is 0.252 e. The molecule has 28 heavy (non-hydrogen) atoms. The standard InChI is InChI=1S/C22H19N3O3/c26-20-14-17(16-8-1-2-9-18(16)25-20)22(27)24-12-5-13-28-19-10-3-6-15-7-4-11-23-21(15)19/h1-4,6-11,14H,5,12-13H2,(H,24,27)(H,25,26). The number of H-pyrrole nitrogens is 1. The number of nitrogens with zero attached hydrogens (tertiary/aromatic N) is 1. The molecule has 1 amide bonds. The van der Waals surface area contributed by atoms with Gasteiger partial charge in [0.25, 0.3) is 5.91 Å². The molecule has 4 rings (SSSR count). The van der Waals surface area contributed by atoms with Gasteiger partial charge in [0.1, 0.15) is 11.3 Å². The van der Waals surface area contributed by atoms with Gasteiger partial charge in [-0.1, -0.05) is 36.4 Å². The summed E-state index contributed by atoms with van der Waals surface area (Å²) in [6.07, 6.45) is 2.37. The molecule has 2 aromatic heterocycles. The van der Waals surface area contributed by atoms with E-state index in [1.807, 2.05) is 48.5 Å². The molecule has 4 aromatic rings. The molecule has 0 saturated heterocycles. The molecule has 6 nitrogen and oxygen atoms in total. The van der Waals surface area contributed by atoms with Crippen molar-refractivity contribution in [2.75, 3.05) is 13.2 Å². The van der Waals surface area contributed by atoms with Crippen LogP contribution in [0.3, 0.4) is 0 Å². The minimum absolute atomic E-state index is 0.269. The number of benzene rings is 2. The number of hydrogen-bond acceptors (Lipinski definition) is 4. The van der Waals surface area contributed by atoms with E-state index >= 15 is 0 Å². The molecule has 2 heterocycles. The van der Waals surface area contributed by atoms with E-state index in [4.69, 9.17) is 4.74 Å². The number of ether oxygens (including phenoxy) is 1. The first-order valence-electron chi connectivity index (χ1n) is 9.09. The summed E-state index contributed by atoms with van der Waals surface area (Å²) < 4.78 is 5.83. The lowest BCUT2D eigenvalue weighted by Crippen LogP contribution is -2.27. The number of carbonyl (C=O) groups excluding carboxylic acids is 1. The van der Waals surface area contributed by atoms with Crippen LogP contribution in [0.5, 0.6) is 5.75 Å². The highest BCUT2D eigenvalue weighted by atomic mass is 16.5. The zero-order valence-corrected chi connectivity index (χ0v) is 15.1. The molecule has 0 aliphatic carbocycles. The molecule has 2 N–H and O–H groups in total. The molecule has 0 fully saturated rings. The summed E-state index contributed by atoms with van der Waals surface area (Å²) in [5.41, 5.74) is 1.55. The predicted octanol–water partition coefficient (Wildman–Crippen LogP) is 3.28. The molecule has 0 aliphatic rings. The van der Waals surface area contributed by atoms with E-state index < -0.39 is 0 Å². The van der Waals surface area contributed by atoms with Crippen molar-refractivity contribution >= 4 is 27.7 Å². The molecule has 6 heteroatoms. The summed E-state index contributed by atoms with van der Waals surface area (Å²) in [7, 11) is 0. The highest BCUT2D eigenvalue weighted by Gasteiger charge is 2.11. The van der Waals surface area contributed by atoms with Crippen molar-refractivity contribution in [2.24, 2.45) is 0 Å². The molecule has 0 atom stereocenters. The zero-order chi connectivity index (χ0) is 19.3. The Morgan fingerprint density at radius 3 is 2.86 bits per heavy atom. The van der Waals surface area contributed by atoms with Crippen molar-refractivity contribution in [1.29, 1.82) is 0 Å². The third-order valence-corrected chi connectivity index (χ3v) is 4.46. The van der Waals surface area contributed by atoms with Crippen LogP contribution < -0.4 is 15.6 Å². The third kappa shape index (κ3) is 3.71. The van der Waals surface area contributed by atoms with E-state index in [0.717, 1.165) is 22.0 Å². The molecule has 0 bridgehead atoms. The molecule has 0 unspecified atom stereocenters. The second-order valence-electron chi connectivity index (χ2n) is 6.38. The van der Waals surface area contributed by atoms with Crippen LogP contribution in [0.25, 0.3) is 21.8 Å². The molecule has 0 aliphatic heterocycles. The molecular weight excluding hydrogens is 354 g/mol. The van der Waals surface area contributed by atoms with Crippen LogP contribution in [-0.2, 0) is 0 Å². The van der Waals surface area contributed by atoms with Gasteiger partial charge in [0.05, 0.1) is 12.2 Å². The predicted molar refractivity (Wildman–Crippen MR) is 109 cm³/mol. The Kier molecular flexibility index (Phi) is 5.01. The van der Waals surface area contributed by atoms with Gasteiger partial charge in [0.2, 0.25) is 5.56 Å². The quantitative estimate of drug-likeness (QED) is 0.508. The number of aromatic nitrogens is 2. The van der Waals surface area contributed by atoms with Crippen molar-refractivity contribution in [2.45, 2.75) is 6.42 Å². The van der Waals surface area contributed by atoms with E-state index in [2.05, 4.69) is 15.3 Å². The first-order chi connectivity index (χ1) is 13.7. The normalized spacial score (nSPS) is 10.9. The van der Waals surface area contributed by atoms with Crippen LogP contribution in [0.2, 0.25) is 0 Å². The number of aromatic amines is 1. The SMILES string of the molecule is O=C(NCCCOc1cccc2cccnc12)c1cc(=O)[nH]c2ccccc12. The monoisotopic (exact) mass is 373 g/mol. The van der Waals surface area contributed by atoms with Gasteiger partial charge in [-0.2, -0.15) is 0 Å². The number of amides is 1. The minimum atomic E-state index is -0.296. The Morgan fingerprint density at radius 2 is 1.93 bits per heavy atom. The molecule has 140 valence electrons. The number of hydrogen-bond donors (Lipinski definition) is 2. The summed E-state index contributed by atoms with van der Waals surface area (Å²) in [6.45, 7) is 0.893. The highest BCUT2D eigenvalue weighted by Crippen LogP contribution is 2.22. The Hall–Kier alpha value is -3.67. The van der Waals surface area contributed by atoms with Crippen LogP contribution in [0, 0.1) is 0 Å². The third-order valence-electron chi connectivity index (χ3n) is 4.46. The highest BCUT2D eigenvalue weighted by molar-refractivity contribution is 6.05. The first-order valence-corrected chi connectivity index (χ1v) is 9.09. The maximum atomic E-state index is 12.5. The van der Waals surface area contributed by atoms with Gasteiger partial charge in [-0.3, -0.25) is 14.6 Å².